The highest BCUT2D eigenvalue weighted by molar-refractivity contribution is 7.89. The van der Waals surface area contributed by atoms with Crippen LogP contribution in [0.25, 0.3) is 33.1 Å². The third-order valence-electron chi connectivity index (χ3n) is 4.99. The van der Waals surface area contributed by atoms with Crippen LogP contribution in [0.3, 0.4) is 0 Å². The van der Waals surface area contributed by atoms with Crippen LogP contribution in [0.15, 0.2) is 82.6 Å². The zero-order valence-corrected chi connectivity index (χ0v) is 16.5. The summed E-state index contributed by atoms with van der Waals surface area (Å²) in [6.45, 7) is 0.558. The van der Waals surface area contributed by atoms with Crippen molar-refractivity contribution in [2.24, 2.45) is 0 Å². The zero-order chi connectivity index (χ0) is 20.0. The van der Waals surface area contributed by atoms with Gasteiger partial charge in [-0.1, -0.05) is 24.3 Å². The van der Waals surface area contributed by atoms with Gasteiger partial charge < -0.3 is 14.7 Å². The molecule has 2 N–H and O–H groups in total. The Kier molecular flexibility index (Phi) is 4.08. The molecule has 0 spiro atoms. The van der Waals surface area contributed by atoms with Crippen molar-refractivity contribution >= 4 is 31.9 Å². The van der Waals surface area contributed by atoms with Crippen LogP contribution in [0.4, 0.5) is 0 Å². The van der Waals surface area contributed by atoms with E-state index in [9.17, 15) is 8.42 Å². The van der Waals surface area contributed by atoms with Crippen LogP contribution in [0.5, 0.6) is 0 Å². The molecule has 7 heteroatoms. The molecule has 3 heterocycles. The Bertz CT molecular complexity index is 1410. The van der Waals surface area contributed by atoms with Gasteiger partial charge in [0.25, 0.3) is 0 Å². The minimum atomic E-state index is -3.90. The number of aromatic nitrogens is 2. The molecular weight excluding hydrogens is 386 g/mol. The fraction of sp³-hybridized carbons (Fsp3) is 0.0909. The number of nitrogens with zero attached hydrogens (tertiary/aromatic N) is 1. The Morgan fingerprint density at radius 1 is 1.03 bits per heavy atom. The number of para-hydroxylation sites is 1. The van der Waals surface area contributed by atoms with Crippen LogP contribution in [0.1, 0.15) is 5.56 Å². The maximum absolute atomic E-state index is 13.5. The average Bonchev–Trinajstić information content (AvgIpc) is 3.45. The normalized spacial score (nSPS) is 12.2. The van der Waals surface area contributed by atoms with E-state index in [2.05, 4.69) is 10.3 Å². The lowest BCUT2D eigenvalue weighted by Gasteiger charge is -2.09. The van der Waals surface area contributed by atoms with Gasteiger partial charge in [-0.3, -0.25) is 0 Å². The van der Waals surface area contributed by atoms with Gasteiger partial charge in [-0.15, -0.1) is 0 Å². The molecular formula is C22H19N3O3S. The number of hydrogen-bond acceptors (Lipinski definition) is 4. The number of aromatic amines is 1. The van der Waals surface area contributed by atoms with Crippen molar-refractivity contribution in [1.29, 1.82) is 0 Å². The van der Waals surface area contributed by atoms with Crippen molar-refractivity contribution in [2.45, 2.75) is 11.6 Å². The molecule has 0 radical (unpaired) electrons. The topological polar surface area (TPSA) is 80.0 Å². The summed E-state index contributed by atoms with van der Waals surface area (Å²) in [4.78, 5) is 3.16. The predicted octanol–water partition coefficient (Wildman–Crippen LogP) is 4.34. The summed E-state index contributed by atoms with van der Waals surface area (Å²) < 4.78 is 33.9. The molecule has 5 rings (SSSR count). The fourth-order valence-electron chi connectivity index (χ4n) is 3.60. The molecule has 0 aliphatic heterocycles. The molecule has 0 fully saturated rings. The number of nitrogens with one attached hydrogen (secondary N) is 2. The third-order valence-corrected chi connectivity index (χ3v) is 6.52. The molecule has 0 aliphatic carbocycles. The van der Waals surface area contributed by atoms with Crippen LogP contribution < -0.4 is 5.32 Å². The predicted molar refractivity (Wildman–Crippen MR) is 113 cm³/mol. The van der Waals surface area contributed by atoms with E-state index in [1.54, 1.807) is 18.3 Å². The molecule has 5 aromatic rings. The van der Waals surface area contributed by atoms with E-state index in [-0.39, 0.29) is 5.09 Å². The number of H-pyrrole nitrogens is 1. The number of fused-ring (bicyclic) bond motifs is 2. The Balaban J connectivity index is 1.70. The highest BCUT2D eigenvalue weighted by atomic mass is 32.2. The van der Waals surface area contributed by atoms with E-state index in [1.807, 2.05) is 61.8 Å². The zero-order valence-electron chi connectivity index (χ0n) is 15.7. The van der Waals surface area contributed by atoms with Gasteiger partial charge in [0.15, 0.2) is 0 Å². The second-order valence-corrected chi connectivity index (χ2v) is 8.69. The molecule has 0 unspecified atom stereocenters. The van der Waals surface area contributed by atoms with Crippen LogP contribution in [-0.2, 0) is 16.6 Å². The lowest BCUT2D eigenvalue weighted by Crippen LogP contribution is -2.12. The molecule has 0 amide bonds. The summed E-state index contributed by atoms with van der Waals surface area (Å²) >= 11 is 0. The first-order valence-electron chi connectivity index (χ1n) is 9.24. The Hall–Kier alpha value is -3.29. The van der Waals surface area contributed by atoms with Crippen molar-refractivity contribution in [3.05, 3.63) is 78.6 Å². The Morgan fingerprint density at radius 3 is 2.72 bits per heavy atom. The second kappa shape index (κ2) is 6.65. The summed E-state index contributed by atoms with van der Waals surface area (Å²) in [5.74, 6) is 0. The first kappa shape index (κ1) is 17.8. The van der Waals surface area contributed by atoms with Crippen LogP contribution >= 0.6 is 0 Å². The molecule has 3 aromatic heterocycles. The van der Waals surface area contributed by atoms with E-state index in [4.69, 9.17) is 4.42 Å². The third kappa shape index (κ3) is 2.95. The lowest BCUT2D eigenvalue weighted by molar-refractivity contribution is 0.478. The SMILES string of the molecule is CNCc1cc(-c2ccc3[nH]ccc3c2)n(S(=O)(=O)c2cc3ccccc3o2)c1. The second-order valence-electron chi connectivity index (χ2n) is 6.95. The van der Waals surface area contributed by atoms with Gasteiger partial charge in [-0.05, 0) is 48.5 Å². The van der Waals surface area contributed by atoms with Crippen molar-refractivity contribution < 1.29 is 12.8 Å². The summed E-state index contributed by atoms with van der Waals surface area (Å²) in [5, 5.41) is 4.78. The summed E-state index contributed by atoms with van der Waals surface area (Å²) in [7, 11) is -2.07. The molecule has 0 aliphatic rings. The van der Waals surface area contributed by atoms with Crippen LogP contribution in [-0.4, -0.2) is 24.4 Å². The van der Waals surface area contributed by atoms with Gasteiger partial charge >= 0.3 is 10.0 Å². The molecule has 0 bridgehead atoms. The van der Waals surface area contributed by atoms with E-state index < -0.39 is 10.0 Å². The quantitative estimate of drug-likeness (QED) is 0.456. The van der Waals surface area contributed by atoms with Gasteiger partial charge in [0.2, 0.25) is 5.09 Å². The fourth-order valence-corrected chi connectivity index (χ4v) is 4.96. The van der Waals surface area contributed by atoms with Gasteiger partial charge in [0, 0.05) is 41.3 Å². The Morgan fingerprint density at radius 2 is 1.90 bits per heavy atom. The largest absolute Gasteiger partial charge is 0.443 e. The average molecular weight is 405 g/mol. The van der Waals surface area contributed by atoms with Crippen molar-refractivity contribution in [1.82, 2.24) is 14.3 Å². The van der Waals surface area contributed by atoms with Gasteiger partial charge in [-0.25, -0.2) is 3.97 Å². The van der Waals surface area contributed by atoms with Crippen molar-refractivity contribution in [3.8, 4) is 11.3 Å². The number of furan rings is 1. The smallest absolute Gasteiger partial charge is 0.301 e. The molecule has 2 aromatic carbocycles. The molecule has 0 saturated carbocycles. The maximum Gasteiger partial charge on any atom is 0.301 e. The molecule has 146 valence electrons. The van der Waals surface area contributed by atoms with E-state index >= 15 is 0 Å². The number of hydrogen-bond donors (Lipinski definition) is 2. The first-order valence-corrected chi connectivity index (χ1v) is 10.7. The monoisotopic (exact) mass is 405 g/mol. The Labute approximate surface area is 167 Å². The lowest BCUT2D eigenvalue weighted by atomic mass is 10.1. The molecule has 6 nitrogen and oxygen atoms in total. The standard InChI is InChI=1S/C22H19N3O3S/c1-23-13-15-10-20(17-6-7-19-16(11-17)8-9-24-19)25(14-15)29(26,27)22-12-18-4-2-3-5-21(18)28-22/h2-12,14,23-24H,13H2,1H3. The molecule has 29 heavy (non-hydrogen) atoms. The minimum Gasteiger partial charge on any atom is -0.443 e. The van der Waals surface area contributed by atoms with Gasteiger partial charge in [-0.2, -0.15) is 8.42 Å². The van der Waals surface area contributed by atoms with Crippen LogP contribution in [0, 0.1) is 0 Å². The highest BCUT2D eigenvalue weighted by Gasteiger charge is 2.25. The molecule has 0 saturated heterocycles. The van der Waals surface area contributed by atoms with E-state index in [1.165, 1.54) is 3.97 Å². The summed E-state index contributed by atoms with van der Waals surface area (Å²) in [6.07, 6.45) is 3.51. The van der Waals surface area contributed by atoms with E-state index in [0.717, 1.165) is 27.4 Å². The summed E-state index contributed by atoms with van der Waals surface area (Å²) in [6, 6.07) is 18.6. The first-order chi connectivity index (χ1) is 14.1. The van der Waals surface area contributed by atoms with Crippen LogP contribution in [0.2, 0.25) is 0 Å². The van der Waals surface area contributed by atoms with Gasteiger partial charge in [0.1, 0.15) is 5.58 Å². The van der Waals surface area contributed by atoms with Gasteiger partial charge in [0.05, 0.1) is 5.69 Å². The van der Waals surface area contributed by atoms with E-state index in [0.29, 0.717) is 17.8 Å². The highest BCUT2D eigenvalue weighted by Crippen LogP contribution is 2.31. The molecule has 0 atom stereocenters. The maximum atomic E-state index is 13.5. The summed E-state index contributed by atoms with van der Waals surface area (Å²) in [5.41, 5.74) is 3.83. The number of benzene rings is 2. The van der Waals surface area contributed by atoms with Crippen molar-refractivity contribution in [3.63, 3.8) is 0 Å². The van der Waals surface area contributed by atoms with Crippen molar-refractivity contribution in [2.75, 3.05) is 7.05 Å². The minimum absolute atomic E-state index is 0.0747. The number of rotatable bonds is 5.